The Morgan fingerprint density at radius 1 is 1.60 bits per heavy atom. The number of carboxylic acid groups (broad SMARTS) is 1. The highest BCUT2D eigenvalue weighted by molar-refractivity contribution is 5.85. The average molecular weight is 210 g/mol. The third-order valence-electron chi connectivity index (χ3n) is 1.88. The Hall–Kier alpha value is -1.62. The average Bonchev–Trinajstić information content (AvgIpc) is 2.17. The highest BCUT2D eigenvalue weighted by atomic mass is 16.4. The van der Waals surface area contributed by atoms with Gasteiger partial charge in [0.15, 0.2) is 5.69 Å². The maximum absolute atomic E-state index is 10.7. The Morgan fingerprint density at radius 3 is 2.80 bits per heavy atom. The summed E-state index contributed by atoms with van der Waals surface area (Å²) >= 11 is 0. The molecule has 0 unspecified atom stereocenters. The van der Waals surface area contributed by atoms with Crippen LogP contribution in [0.25, 0.3) is 0 Å². The van der Waals surface area contributed by atoms with Crippen LogP contribution in [0.5, 0.6) is 0 Å². The lowest BCUT2D eigenvalue weighted by Gasteiger charge is -2.19. The third kappa shape index (κ3) is 3.21. The van der Waals surface area contributed by atoms with Gasteiger partial charge in [-0.15, -0.1) is 0 Å². The molecule has 0 saturated heterocycles. The summed E-state index contributed by atoms with van der Waals surface area (Å²) in [5.41, 5.74) is 0.00458. The van der Waals surface area contributed by atoms with E-state index in [0.29, 0.717) is 12.4 Å². The van der Waals surface area contributed by atoms with Crippen LogP contribution in [0.2, 0.25) is 0 Å². The van der Waals surface area contributed by atoms with E-state index in [0.717, 1.165) is 0 Å². The van der Waals surface area contributed by atoms with Crippen molar-refractivity contribution < 1.29 is 15.0 Å². The number of hydrogen-bond donors (Lipinski definition) is 2. The number of likely N-dealkylation sites (N-methyl/N-ethyl adjacent to an activating group) is 1. The normalized spacial score (nSPS) is 12.2. The minimum Gasteiger partial charge on any atom is -0.477 e. The molecule has 1 atom stereocenters. The van der Waals surface area contributed by atoms with Gasteiger partial charge in [0.1, 0.15) is 5.82 Å². The number of nitrogens with zero attached hydrogens (tertiary/aromatic N) is 2. The predicted octanol–water partition coefficient (Wildman–Crippen LogP) is 0.597. The van der Waals surface area contributed by atoms with Gasteiger partial charge in [0.25, 0.3) is 0 Å². The summed E-state index contributed by atoms with van der Waals surface area (Å²) in [5, 5.41) is 17.9. The first-order valence-corrected chi connectivity index (χ1v) is 4.60. The Kier molecular flexibility index (Phi) is 3.62. The second-order valence-electron chi connectivity index (χ2n) is 3.42. The predicted molar refractivity (Wildman–Crippen MR) is 56.1 cm³/mol. The number of aromatic nitrogens is 1. The van der Waals surface area contributed by atoms with Gasteiger partial charge in [0.05, 0.1) is 6.10 Å². The molecule has 1 rings (SSSR count). The Bertz CT molecular complexity index is 352. The smallest absolute Gasteiger partial charge is 0.354 e. The molecule has 0 aliphatic rings. The summed E-state index contributed by atoms with van der Waals surface area (Å²) in [7, 11) is 1.75. The molecule has 0 radical (unpaired) electrons. The lowest BCUT2D eigenvalue weighted by Crippen LogP contribution is -2.27. The molecule has 82 valence electrons. The van der Waals surface area contributed by atoms with E-state index in [-0.39, 0.29) is 5.69 Å². The highest BCUT2D eigenvalue weighted by Gasteiger charge is 2.09. The summed E-state index contributed by atoms with van der Waals surface area (Å²) in [4.78, 5) is 16.3. The fraction of sp³-hybridized carbons (Fsp3) is 0.400. The van der Waals surface area contributed by atoms with Crippen molar-refractivity contribution in [1.82, 2.24) is 4.98 Å². The Balaban J connectivity index is 2.85. The van der Waals surface area contributed by atoms with Crippen LogP contribution in [0, 0.1) is 0 Å². The summed E-state index contributed by atoms with van der Waals surface area (Å²) < 4.78 is 0. The van der Waals surface area contributed by atoms with Gasteiger partial charge in [-0.05, 0) is 19.1 Å². The van der Waals surface area contributed by atoms with Gasteiger partial charge in [-0.2, -0.15) is 0 Å². The van der Waals surface area contributed by atoms with Crippen molar-refractivity contribution in [3.8, 4) is 0 Å². The summed E-state index contributed by atoms with van der Waals surface area (Å²) in [5.74, 6) is -0.516. The SMILES string of the molecule is C[C@H](O)CN(C)c1cccc(C(=O)O)n1. The van der Waals surface area contributed by atoms with E-state index in [1.54, 1.807) is 31.0 Å². The number of anilines is 1. The van der Waals surface area contributed by atoms with Crippen molar-refractivity contribution in [1.29, 1.82) is 0 Å². The first-order chi connectivity index (χ1) is 7.00. The van der Waals surface area contributed by atoms with Crippen molar-refractivity contribution in [2.75, 3.05) is 18.5 Å². The molecule has 1 aromatic rings. The zero-order valence-corrected chi connectivity index (χ0v) is 8.71. The third-order valence-corrected chi connectivity index (χ3v) is 1.88. The van der Waals surface area contributed by atoms with Crippen LogP contribution in [0.15, 0.2) is 18.2 Å². The van der Waals surface area contributed by atoms with Crippen molar-refractivity contribution in [2.45, 2.75) is 13.0 Å². The molecule has 0 saturated carbocycles. The summed E-state index contributed by atoms with van der Waals surface area (Å²) in [6.45, 7) is 2.08. The Labute approximate surface area is 88.0 Å². The van der Waals surface area contributed by atoms with Crippen LogP contribution in [0.1, 0.15) is 17.4 Å². The van der Waals surface area contributed by atoms with Gasteiger partial charge >= 0.3 is 5.97 Å². The second kappa shape index (κ2) is 4.75. The van der Waals surface area contributed by atoms with Crippen LogP contribution >= 0.6 is 0 Å². The fourth-order valence-electron chi connectivity index (χ4n) is 1.24. The van der Waals surface area contributed by atoms with Gasteiger partial charge in [-0.1, -0.05) is 6.07 Å². The molecular formula is C10H14N2O3. The quantitative estimate of drug-likeness (QED) is 0.761. The number of carbonyl (C=O) groups is 1. The zero-order chi connectivity index (χ0) is 11.4. The van der Waals surface area contributed by atoms with Crippen LogP contribution < -0.4 is 4.90 Å². The van der Waals surface area contributed by atoms with Gasteiger partial charge in [0, 0.05) is 13.6 Å². The van der Waals surface area contributed by atoms with Crippen molar-refractivity contribution in [2.24, 2.45) is 0 Å². The van der Waals surface area contributed by atoms with E-state index in [1.807, 2.05) is 0 Å². The minimum absolute atomic E-state index is 0.00458. The van der Waals surface area contributed by atoms with Crippen molar-refractivity contribution in [3.63, 3.8) is 0 Å². The van der Waals surface area contributed by atoms with Gasteiger partial charge < -0.3 is 15.1 Å². The van der Waals surface area contributed by atoms with Gasteiger partial charge in [-0.3, -0.25) is 0 Å². The molecule has 0 bridgehead atoms. The number of pyridine rings is 1. The molecule has 5 heteroatoms. The van der Waals surface area contributed by atoms with E-state index < -0.39 is 12.1 Å². The van der Waals surface area contributed by atoms with E-state index in [1.165, 1.54) is 6.07 Å². The van der Waals surface area contributed by atoms with Gasteiger partial charge in [-0.25, -0.2) is 9.78 Å². The fourth-order valence-corrected chi connectivity index (χ4v) is 1.24. The molecule has 0 aliphatic carbocycles. The first kappa shape index (κ1) is 11.5. The van der Waals surface area contributed by atoms with Crippen LogP contribution in [0.4, 0.5) is 5.82 Å². The lowest BCUT2D eigenvalue weighted by atomic mass is 10.3. The number of aromatic carboxylic acids is 1. The number of carboxylic acids is 1. The number of aliphatic hydroxyl groups is 1. The molecule has 2 N–H and O–H groups in total. The van der Waals surface area contributed by atoms with E-state index >= 15 is 0 Å². The second-order valence-corrected chi connectivity index (χ2v) is 3.42. The number of rotatable bonds is 4. The number of aliphatic hydroxyl groups excluding tert-OH is 1. The number of hydrogen-bond acceptors (Lipinski definition) is 4. The molecule has 0 aliphatic heterocycles. The lowest BCUT2D eigenvalue weighted by molar-refractivity contribution is 0.0690. The minimum atomic E-state index is -1.05. The maximum Gasteiger partial charge on any atom is 0.354 e. The first-order valence-electron chi connectivity index (χ1n) is 4.60. The van der Waals surface area contributed by atoms with Gasteiger partial charge in [0.2, 0.25) is 0 Å². The topological polar surface area (TPSA) is 73.7 Å². The summed E-state index contributed by atoms with van der Waals surface area (Å²) in [6, 6.07) is 4.77. The molecule has 0 spiro atoms. The highest BCUT2D eigenvalue weighted by Crippen LogP contribution is 2.09. The molecule has 1 aromatic heterocycles. The molecule has 5 nitrogen and oxygen atoms in total. The van der Waals surface area contributed by atoms with Crippen molar-refractivity contribution in [3.05, 3.63) is 23.9 Å². The molecule has 0 fully saturated rings. The molecule has 1 heterocycles. The summed E-state index contributed by atoms with van der Waals surface area (Å²) in [6.07, 6.45) is -0.481. The van der Waals surface area contributed by atoms with Crippen LogP contribution in [0.3, 0.4) is 0 Å². The van der Waals surface area contributed by atoms with Crippen LogP contribution in [-0.4, -0.2) is 40.9 Å². The maximum atomic E-state index is 10.7. The Morgan fingerprint density at radius 2 is 2.27 bits per heavy atom. The van der Waals surface area contributed by atoms with E-state index in [9.17, 15) is 9.90 Å². The molecule has 15 heavy (non-hydrogen) atoms. The molecule has 0 aromatic carbocycles. The largest absolute Gasteiger partial charge is 0.477 e. The molecular weight excluding hydrogens is 196 g/mol. The van der Waals surface area contributed by atoms with Crippen LogP contribution in [-0.2, 0) is 0 Å². The molecule has 0 amide bonds. The van der Waals surface area contributed by atoms with E-state index in [2.05, 4.69) is 4.98 Å². The zero-order valence-electron chi connectivity index (χ0n) is 8.71. The monoisotopic (exact) mass is 210 g/mol. The standard InChI is InChI=1S/C10H14N2O3/c1-7(13)6-12(2)9-5-3-4-8(11-9)10(14)15/h3-5,7,13H,6H2,1-2H3,(H,14,15)/t7-/m0/s1. The van der Waals surface area contributed by atoms with Crippen molar-refractivity contribution >= 4 is 11.8 Å². The van der Waals surface area contributed by atoms with E-state index in [4.69, 9.17) is 5.11 Å².